The summed E-state index contributed by atoms with van der Waals surface area (Å²) in [6.45, 7) is 2.25. The predicted octanol–water partition coefficient (Wildman–Crippen LogP) is 2.44. The molecule has 0 saturated carbocycles. The van der Waals surface area contributed by atoms with Gasteiger partial charge >= 0.3 is 11.7 Å². The summed E-state index contributed by atoms with van der Waals surface area (Å²) >= 11 is 0. The summed E-state index contributed by atoms with van der Waals surface area (Å²) in [6.07, 6.45) is 9.92. The van der Waals surface area contributed by atoms with Gasteiger partial charge in [0, 0.05) is 50.4 Å². The van der Waals surface area contributed by atoms with E-state index in [9.17, 15) is 14.4 Å². The van der Waals surface area contributed by atoms with Crippen LogP contribution in [0, 0.1) is 11.8 Å². The van der Waals surface area contributed by atoms with E-state index in [1.807, 2.05) is 18.2 Å². The van der Waals surface area contributed by atoms with E-state index >= 15 is 0 Å². The van der Waals surface area contributed by atoms with Gasteiger partial charge in [-0.1, -0.05) is 24.3 Å². The van der Waals surface area contributed by atoms with Crippen LogP contribution < -0.4 is 5.76 Å². The van der Waals surface area contributed by atoms with Crippen molar-refractivity contribution in [2.75, 3.05) is 19.6 Å². The molecule has 0 amide bonds. The lowest BCUT2D eigenvalue weighted by Crippen LogP contribution is -2.48. The molecule has 2 atom stereocenters. The first kappa shape index (κ1) is 18.1. The molecular weight excluding hydrogens is 372 g/mol. The molecule has 0 radical (unpaired) electrons. The highest BCUT2D eigenvalue weighted by molar-refractivity contribution is 5.98. The maximum Gasteiger partial charge on any atom is 0.417 e. The number of hydrogen-bond acceptors (Lipinski definition) is 6. The molecular formula is C22H22N2O5. The predicted molar refractivity (Wildman–Crippen MR) is 106 cm³/mol. The number of carbonyl (C=O) groups excluding carboxylic acids is 2. The molecule has 2 fully saturated rings. The highest BCUT2D eigenvalue weighted by Crippen LogP contribution is 2.46. The third kappa shape index (κ3) is 3.15. The first-order valence-corrected chi connectivity index (χ1v) is 10.0. The van der Waals surface area contributed by atoms with Crippen molar-refractivity contribution in [1.82, 2.24) is 9.88 Å². The summed E-state index contributed by atoms with van der Waals surface area (Å²) in [5.74, 6) is -0.664. The van der Waals surface area contributed by atoms with Crippen molar-refractivity contribution in [3.8, 4) is 0 Å². The van der Waals surface area contributed by atoms with Crippen LogP contribution in [0.25, 0.3) is 11.1 Å². The molecule has 2 unspecified atom stereocenters. The van der Waals surface area contributed by atoms with Gasteiger partial charge in [0.2, 0.25) is 0 Å². The van der Waals surface area contributed by atoms with Gasteiger partial charge in [0.15, 0.2) is 11.4 Å². The molecule has 29 heavy (non-hydrogen) atoms. The molecule has 7 heteroatoms. The summed E-state index contributed by atoms with van der Waals surface area (Å²) in [5, 5.41) is 0. The van der Waals surface area contributed by atoms with Gasteiger partial charge in [0.05, 0.1) is 11.4 Å². The summed E-state index contributed by atoms with van der Waals surface area (Å²) in [6, 6.07) is 5.01. The van der Waals surface area contributed by atoms with Crippen LogP contribution in [-0.2, 0) is 9.53 Å². The standard InChI is InChI=1S/C22H22N2O5/c25-18(14-5-6-17-19(13-14)28-21(27)23-17)7-10-24-11-8-22(9-12-24)16-4-2-1-3-15(16)20(26)29-22/h1-6,13,15-16H,7-12H2,(H,23,27). The SMILES string of the molecule is O=C(CCN1CCC2(CC1)OC(=O)C1C=CC=CC12)c1ccc2[nH]c(=O)oc2c1. The van der Waals surface area contributed by atoms with Crippen LogP contribution in [0.4, 0.5) is 0 Å². The zero-order valence-corrected chi connectivity index (χ0v) is 15.9. The number of benzene rings is 1. The first-order chi connectivity index (χ1) is 14.0. The number of H-pyrrole nitrogens is 1. The van der Waals surface area contributed by atoms with E-state index < -0.39 is 11.4 Å². The third-order valence-corrected chi connectivity index (χ3v) is 6.42. The monoisotopic (exact) mass is 394 g/mol. The van der Waals surface area contributed by atoms with E-state index in [0.717, 1.165) is 25.9 Å². The van der Waals surface area contributed by atoms with E-state index in [1.165, 1.54) is 0 Å². The molecule has 1 aromatic heterocycles. The van der Waals surface area contributed by atoms with Crippen molar-refractivity contribution < 1.29 is 18.7 Å². The van der Waals surface area contributed by atoms with Crippen LogP contribution in [0.2, 0.25) is 0 Å². The van der Waals surface area contributed by atoms with E-state index in [-0.39, 0.29) is 23.6 Å². The zero-order valence-electron chi connectivity index (χ0n) is 15.9. The minimum atomic E-state index is -0.523. The molecule has 3 heterocycles. The number of aromatic nitrogens is 1. The van der Waals surface area contributed by atoms with E-state index in [0.29, 0.717) is 29.6 Å². The van der Waals surface area contributed by atoms with Crippen LogP contribution in [0.5, 0.6) is 0 Å². The number of oxazole rings is 1. The van der Waals surface area contributed by atoms with Crippen LogP contribution >= 0.6 is 0 Å². The Morgan fingerprint density at radius 1 is 1.17 bits per heavy atom. The fourth-order valence-corrected chi connectivity index (χ4v) is 4.78. The maximum atomic E-state index is 12.6. The molecule has 2 aliphatic heterocycles. The molecule has 2 saturated heterocycles. The molecule has 1 aromatic carbocycles. The first-order valence-electron chi connectivity index (χ1n) is 10.0. The molecule has 5 rings (SSSR count). The maximum absolute atomic E-state index is 12.6. The molecule has 7 nitrogen and oxygen atoms in total. The minimum Gasteiger partial charge on any atom is -0.458 e. The van der Waals surface area contributed by atoms with Crippen molar-refractivity contribution in [2.45, 2.75) is 24.9 Å². The highest BCUT2D eigenvalue weighted by Gasteiger charge is 2.54. The number of fused-ring (bicyclic) bond motifs is 3. The number of ether oxygens (including phenoxy) is 1. The average molecular weight is 394 g/mol. The number of esters is 1. The van der Waals surface area contributed by atoms with E-state index in [1.54, 1.807) is 18.2 Å². The van der Waals surface area contributed by atoms with Gasteiger partial charge in [0.1, 0.15) is 5.60 Å². The molecule has 2 aromatic rings. The molecule has 150 valence electrons. The lowest BCUT2D eigenvalue weighted by molar-refractivity contribution is -0.154. The fourth-order valence-electron chi connectivity index (χ4n) is 4.78. The highest BCUT2D eigenvalue weighted by atomic mass is 16.6. The van der Waals surface area contributed by atoms with Crippen LogP contribution in [-0.4, -0.2) is 46.9 Å². The van der Waals surface area contributed by atoms with Gasteiger partial charge in [-0.15, -0.1) is 0 Å². The normalized spacial score (nSPS) is 25.4. The molecule has 3 aliphatic rings. The molecule has 0 bridgehead atoms. The Kier molecular flexibility index (Phi) is 4.28. The number of likely N-dealkylation sites (tertiary alicyclic amines) is 1. The average Bonchev–Trinajstić information content (AvgIpc) is 3.24. The molecule has 1 spiro atoms. The Balaban J connectivity index is 1.19. The van der Waals surface area contributed by atoms with Gasteiger partial charge in [-0.3, -0.25) is 14.6 Å². The number of nitrogens with zero attached hydrogens (tertiary/aromatic N) is 1. The molecule has 1 N–H and O–H groups in total. The number of carbonyl (C=O) groups is 2. The zero-order chi connectivity index (χ0) is 20.0. The second kappa shape index (κ2) is 6.84. The quantitative estimate of drug-likeness (QED) is 0.633. The van der Waals surface area contributed by atoms with Crippen molar-refractivity contribution in [2.24, 2.45) is 11.8 Å². The fraction of sp³-hybridized carbons (Fsp3) is 0.409. The Morgan fingerprint density at radius 2 is 1.97 bits per heavy atom. The summed E-state index contributed by atoms with van der Waals surface area (Å²) in [4.78, 5) is 40.9. The van der Waals surface area contributed by atoms with Crippen LogP contribution in [0.1, 0.15) is 29.6 Å². The number of hydrogen-bond donors (Lipinski definition) is 1. The van der Waals surface area contributed by atoms with Gasteiger partial charge < -0.3 is 14.1 Å². The topological polar surface area (TPSA) is 92.6 Å². The van der Waals surface area contributed by atoms with Gasteiger partial charge in [-0.2, -0.15) is 0 Å². The summed E-state index contributed by atoms with van der Waals surface area (Å²) < 4.78 is 10.9. The minimum absolute atomic E-state index is 0.0174. The Labute approximate surface area is 167 Å². The lowest BCUT2D eigenvalue weighted by atomic mass is 9.74. The Bertz CT molecular complexity index is 1080. The van der Waals surface area contributed by atoms with Crippen molar-refractivity contribution in [3.63, 3.8) is 0 Å². The van der Waals surface area contributed by atoms with Gasteiger partial charge in [0.25, 0.3) is 0 Å². The number of piperidine rings is 1. The summed E-state index contributed by atoms with van der Waals surface area (Å²) in [5.41, 5.74) is 1.12. The van der Waals surface area contributed by atoms with Crippen LogP contribution in [0.3, 0.4) is 0 Å². The number of Topliss-reactive ketones (excluding diaryl/α,β-unsaturated/α-hetero) is 1. The van der Waals surface area contributed by atoms with Crippen molar-refractivity contribution in [1.29, 1.82) is 0 Å². The number of ketones is 1. The van der Waals surface area contributed by atoms with Gasteiger partial charge in [-0.05, 0) is 18.2 Å². The number of allylic oxidation sites excluding steroid dienone is 2. The Hall–Kier alpha value is -2.93. The lowest BCUT2D eigenvalue weighted by Gasteiger charge is -2.41. The van der Waals surface area contributed by atoms with E-state index in [4.69, 9.17) is 9.15 Å². The number of aromatic amines is 1. The van der Waals surface area contributed by atoms with Crippen molar-refractivity contribution in [3.05, 3.63) is 58.6 Å². The second-order valence-corrected chi connectivity index (χ2v) is 8.05. The Morgan fingerprint density at radius 3 is 2.79 bits per heavy atom. The number of rotatable bonds is 4. The third-order valence-electron chi connectivity index (χ3n) is 6.42. The molecule has 1 aliphatic carbocycles. The van der Waals surface area contributed by atoms with E-state index in [2.05, 4.69) is 16.0 Å². The second-order valence-electron chi connectivity index (χ2n) is 8.05. The van der Waals surface area contributed by atoms with Crippen LogP contribution in [0.15, 0.2) is 51.7 Å². The van der Waals surface area contributed by atoms with Gasteiger partial charge in [-0.25, -0.2) is 4.79 Å². The smallest absolute Gasteiger partial charge is 0.417 e. The summed E-state index contributed by atoms with van der Waals surface area (Å²) in [7, 11) is 0. The van der Waals surface area contributed by atoms with Crippen molar-refractivity contribution >= 4 is 22.9 Å². The number of nitrogens with one attached hydrogen (secondary N) is 1. The largest absolute Gasteiger partial charge is 0.458 e.